The van der Waals surface area contributed by atoms with Gasteiger partial charge in [0.2, 0.25) is 5.91 Å². The van der Waals surface area contributed by atoms with Gasteiger partial charge in [0, 0.05) is 19.1 Å². The van der Waals surface area contributed by atoms with Gasteiger partial charge in [-0.2, -0.15) is 0 Å². The first-order chi connectivity index (χ1) is 8.24. The predicted octanol–water partition coefficient (Wildman–Crippen LogP) is 0.500. The first-order valence-electron chi connectivity index (χ1n) is 6.97. The molecular weight excluding hydrogens is 216 g/mol. The highest BCUT2D eigenvalue weighted by atomic mass is 16.3. The first-order valence-corrected chi connectivity index (χ1v) is 6.97. The molecule has 2 aliphatic heterocycles. The summed E-state index contributed by atoms with van der Waals surface area (Å²) in [5.74, 6) is 0.932. The molecule has 96 valence electrons. The summed E-state index contributed by atoms with van der Waals surface area (Å²) < 4.78 is 0. The largest absolute Gasteiger partial charge is 0.391 e. The Hall–Kier alpha value is -0.610. The van der Waals surface area contributed by atoms with Crippen LogP contribution in [0.4, 0.5) is 0 Å². The number of likely N-dealkylation sites (tertiary alicyclic amines) is 1. The van der Waals surface area contributed by atoms with Crippen LogP contribution in [0, 0.1) is 5.92 Å². The fraction of sp³-hybridized carbons (Fsp3) is 0.923. The van der Waals surface area contributed by atoms with E-state index in [0.29, 0.717) is 18.5 Å². The quantitative estimate of drug-likeness (QED) is 0.699. The molecular formula is C13H22N2O2. The third kappa shape index (κ3) is 2.20. The number of carbonyl (C=O) groups excluding carboxylic acids is 1. The van der Waals surface area contributed by atoms with Crippen molar-refractivity contribution in [2.45, 2.75) is 56.7 Å². The van der Waals surface area contributed by atoms with E-state index in [2.05, 4.69) is 5.32 Å². The van der Waals surface area contributed by atoms with Crippen molar-refractivity contribution in [2.75, 3.05) is 13.1 Å². The van der Waals surface area contributed by atoms with Gasteiger partial charge in [-0.1, -0.05) is 12.8 Å². The van der Waals surface area contributed by atoms with Gasteiger partial charge in [0.25, 0.3) is 0 Å². The van der Waals surface area contributed by atoms with Crippen LogP contribution in [-0.4, -0.2) is 47.2 Å². The summed E-state index contributed by atoms with van der Waals surface area (Å²) in [5.41, 5.74) is 0. The van der Waals surface area contributed by atoms with Crippen molar-refractivity contribution in [3.8, 4) is 0 Å². The Bertz CT molecular complexity index is 294. The molecule has 3 fully saturated rings. The monoisotopic (exact) mass is 238 g/mol. The van der Waals surface area contributed by atoms with Crippen molar-refractivity contribution in [1.82, 2.24) is 10.2 Å². The van der Waals surface area contributed by atoms with Crippen LogP contribution < -0.4 is 5.32 Å². The molecule has 3 rings (SSSR count). The molecule has 4 heteroatoms. The summed E-state index contributed by atoms with van der Waals surface area (Å²) in [5, 5.41) is 13.0. The highest BCUT2D eigenvalue weighted by Crippen LogP contribution is 2.33. The third-order valence-electron chi connectivity index (χ3n) is 4.64. The number of hydrogen-bond donors (Lipinski definition) is 2. The molecule has 3 unspecified atom stereocenters. The Morgan fingerprint density at radius 2 is 2.06 bits per heavy atom. The van der Waals surface area contributed by atoms with E-state index in [9.17, 15) is 9.90 Å². The van der Waals surface area contributed by atoms with E-state index in [1.54, 1.807) is 0 Å². The Morgan fingerprint density at radius 1 is 1.24 bits per heavy atom. The SMILES string of the molecule is O=C(C1CC2CCCCC2N1)N1CC[C@@H](O)C1. The number of nitrogens with zero attached hydrogens (tertiary/aromatic N) is 1. The van der Waals surface area contributed by atoms with Crippen LogP contribution in [0.5, 0.6) is 0 Å². The summed E-state index contributed by atoms with van der Waals surface area (Å²) >= 11 is 0. The van der Waals surface area contributed by atoms with E-state index in [-0.39, 0.29) is 18.1 Å². The van der Waals surface area contributed by atoms with E-state index in [1.165, 1.54) is 25.7 Å². The fourth-order valence-corrected chi connectivity index (χ4v) is 3.67. The lowest BCUT2D eigenvalue weighted by Crippen LogP contribution is -2.44. The molecule has 0 bridgehead atoms. The van der Waals surface area contributed by atoms with Gasteiger partial charge in [-0.3, -0.25) is 4.79 Å². The highest BCUT2D eigenvalue weighted by Gasteiger charge is 2.40. The van der Waals surface area contributed by atoms with Crippen LogP contribution in [-0.2, 0) is 4.79 Å². The number of nitrogens with one attached hydrogen (secondary N) is 1. The minimum Gasteiger partial charge on any atom is -0.391 e. The maximum Gasteiger partial charge on any atom is 0.239 e. The van der Waals surface area contributed by atoms with Crippen molar-refractivity contribution < 1.29 is 9.90 Å². The highest BCUT2D eigenvalue weighted by molar-refractivity contribution is 5.82. The molecule has 0 aromatic carbocycles. The molecule has 1 amide bonds. The van der Waals surface area contributed by atoms with Gasteiger partial charge in [0.15, 0.2) is 0 Å². The van der Waals surface area contributed by atoms with Gasteiger partial charge in [-0.15, -0.1) is 0 Å². The first kappa shape index (κ1) is 11.5. The zero-order valence-electron chi connectivity index (χ0n) is 10.3. The van der Waals surface area contributed by atoms with Gasteiger partial charge in [-0.05, 0) is 31.6 Å². The maximum absolute atomic E-state index is 12.3. The lowest BCUT2D eigenvalue weighted by molar-refractivity contribution is -0.132. The molecule has 3 aliphatic rings. The van der Waals surface area contributed by atoms with Crippen molar-refractivity contribution >= 4 is 5.91 Å². The number of aliphatic hydroxyl groups is 1. The van der Waals surface area contributed by atoms with Crippen LogP contribution in [0.25, 0.3) is 0 Å². The Morgan fingerprint density at radius 3 is 2.76 bits per heavy atom. The molecule has 4 atom stereocenters. The number of carbonyl (C=O) groups is 1. The summed E-state index contributed by atoms with van der Waals surface area (Å²) in [6, 6.07) is 0.596. The number of amides is 1. The molecule has 1 aliphatic carbocycles. The smallest absolute Gasteiger partial charge is 0.239 e. The minimum absolute atomic E-state index is 0.0217. The summed E-state index contributed by atoms with van der Waals surface area (Å²) in [6.45, 7) is 1.26. The van der Waals surface area contributed by atoms with E-state index in [0.717, 1.165) is 19.4 Å². The normalized spacial score (nSPS) is 41.6. The maximum atomic E-state index is 12.3. The van der Waals surface area contributed by atoms with Crippen molar-refractivity contribution in [3.63, 3.8) is 0 Å². The van der Waals surface area contributed by atoms with E-state index in [4.69, 9.17) is 0 Å². The number of rotatable bonds is 1. The van der Waals surface area contributed by atoms with Crippen LogP contribution >= 0.6 is 0 Å². The second kappa shape index (κ2) is 4.58. The molecule has 0 aromatic heterocycles. The minimum atomic E-state index is -0.303. The van der Waals surface area contributed by atoms with Crippen LogP contribution in [0.3, 0.4) is 0 Å². The van der Waals surface area contributed by atoms with Gasteiger partial charge < -0.3 is 15.3 Å². The topological polar surface area (TPSA) is 52.6 Å². The second-order valence-electron chi connectivity index (χ2n) is 5.83. The van der Waals surface area contributed by atoms with Gasteiger partial charge in [0.1, 0.15) is 0 Å². The van der Waals surface area contributed by atoms with Crippen LogP contribution in [0.1, 0.15) is 38.5 Å². The molecule has 0 aromatic rings. The third-order valence-corrected chi connectivity index (χ3v) is 4.64. The summed E-state index contributed by atoms with van der Waals surface area (Å²) in [4.78, 5) is 14.1. The average molecular weight is 238 g/mol. The predicted molar refractivity (Wildman–Crippen MR) is 64.5 cm³/mol. The lowest BCUT2D eigenvalue weighted by atomic mass is 9.85. The zero-order chi connectivity index (χ0) is 11.8. The average Bonchev–Trinajstić information content (AvgIpc) is 2.93. The Labute approximate surface area is 102 Å². The zero-order valence-corrected chi connectivity index (χ0v) is 10.3. The number of hydrogen-bond acceptors (Lipinski definition) is 3. The molecule has 1 saturated carbocycles. The Kier molecular flexibility index (Phi) is 3.09. The molecule has 17 heavy (non-hydrogen) atoms. The molecule has 2 heterocycles. The van der Waals surface area contributed by atoms with E-state index in [1.807, 2.05) is 4.90 Å². The van der Waals surface area contributed by atoms with Gasteiger partial charge in [-0.25, -0.2) is 0 Å². The molecule has 0 radical (unpaired) electrons. The van der Waals surface area contributed by atoms with Crippen LogP contribution in [0.2, 0.25) is 0 Å². The molecule has 4 nitrogen and oxygen atoms in total. The number of aliphatic hydroxyl groups excluding tert-OH is 1. The summed E-state index contributed by atoms with van der Waals surface area (Å²) in [7, 11) is 0. The standard InChI is InChI=1S/C13H22N2O2/c16-10-5-6-15(8-10)13(17)12-7-9-3-1-2-4-11(9)14-12/h9-12,14,16H,1-8H2/t9?,10-,11?,12?/m1/s1. The van der Waals surface area contributed by atoms with E-state index >= 15 is 0 Å². The number of β-amino-alcohol motifs (C(OH)–C–C–N with tert-alkyl or cyclic N) is 1. The second-order valence-corrected chi connectivity index (χ2v) is 5.83. The number of fused-ring (bicyclic) bond motifs is 1. The van der Waals surface area contributed by atoms with Crippen LogP contribution in [0.15, 0.2) is 0 Å². The molecule has 0 spiro atoms. The van der Waals surface area contributed by atoms with Crippen molar-refractivity contribution in [1.29, 1.82) is 0 Å². The van der Waals surface area contributed by atoms with Gasteiger partial charge >= 0.3 is 0 Å². The lowest BCUT2D eigenvalue weighted by Gasteiger charge is -2.24. The van der Waals surface area contributed by atoms with Gasteiger partial charge in [0.05, 0.1) is 12.1 Å². The Balaban J connectivity index is 1.60. The fourth-order valence-electron chi connectivity index (χ4n) is 3.67. The van der Waals surface area contributed by atoms with E-state index < -0.39 is 0 Å². The van der Waals surface area contributed by atoms with Crippen molar-refractivity contribution in [3.05, 3.63) is 0 Å². The van der Waals surface area contributed by atoms with Crippen molar-refractivity contribution in [2.24, 2.45) is 5.92 Å². The molecule has 2 N–H and O–H groups in total. The summed E-state index contributed by atoms with van der Waals surface area (Å²) in [6.07, 6.45) is 6.59. The molecule has 2 saturated heterocycles.